The first-order chi connectivity index (χ1) is 8.25. The van der Waals surface area contributed by atoms with Crippen LogP contribution >= 0.6 is 15.9 Å². The SMILES string of the molecule is OC1CCCc2c1ccn2-c1cnc(Br)cn1. The molecule has 0 aliphatic heterocycles. The monoisotopic (exact) mass is 293 g/mol. The highest BCUT2D eigenvalue weighted by Crippen LogP contribution is 2.31. The third kappa shape index (κ3) is 1.89. The van der Waals surface area contributed by atoms with Gasteiger partial charge in [-0.05, 0) is 41.3 Å². The Labute approximate surface area is 107 Å². The van der Waals surface area contributed by atoms with Crippen LogP contribution in [0.25, 0.3) is 5.82 Å². The van der Waals surface area contributed by atoms with Crippen molar-refractivity contribution in [3.8, 4) is 5.82 Å². The van der Waals surface area contributed by atoms with Crippen LogP contribution in [0, 0.1) is 0 Å². The number of fused-ring (bicyclic) bond motifs is 1. The summed E-state index contributed by atoms with van der Waals surface area (Å²) in [6, 6.07) is 1.98. The van der Waals surface area contributed by atoms with Gasteiger partial charge in [0.25, 0.3) is 0 Å². The standard InChI is InChI=1S/C12H12BrN3O/c13-11-6-15-12(7-14-11)16-5-4-8-9(16)2-1-3-10(8)17/h4-7,10,17H,1-3H2. The average molecular weight is 294 g/mol. The lowest BCUT2D eigenvalue weighted by Crippen LogP contribution is -2.11. The lowest BCUT2D eigenvalue weighted by molar-refractivity contribution is 0.156. The third-order valence-corrected chi connectivity index (χ3v) is 3.54. The number of aromatic nitrogens is 3. The number of aliphatic hydroxyl groups is 1. The first-order valence-electron chi connectivity index (χ1n) is 5.62. The second kappa shape index (κ2) is 4.23. The van der Waals surface area contributed by atoms with Crippen LogP contribution in [0.15, 0.2) is 29.3 Å². The smallest absolute Gasteiger partial charge is 0.155 e. The van der Waals surface area contributed by atoms with E-state index in [9.17, 15) is 5.11 Å². The zero-order valence-electron chi connectivity index (χ0n) is 9.17. The van der Waals surface area contributed by atoms with E-state index in [0.717, 1.165) is 40.9 Å². The summed E-state index contributed by atoms with van der Waals surface area (Å²) in [5, 5.41) is 9.91. The Hall–Kier alpha value is -1.20. The predicted molar refractivity (Wildman–Crippen MR) is 67.0 cm³/mol. The van der Waals surface area contributed by atoms with E-state index in [1.54, 1.807) is 12.4 Å². The van der Waals surface area contributed by atoms with Gasteiger partial charge < -0.3 is 9.67 Å². The summed E-state index contributed by atoms with van der Waals surface area (Å²) in [5.74, 6) is 0.795. The normalized spacial score (nSPS) is 19.1. The van der Waals surface area contributed by atoms with Crippen LogP contribution in [0.4, 0.5) is 0 Å². The van der Waals surface area contributed by atoms with Crippen molar-refractivity contribution in [1.82, 2.24) is 14.5 Å². The minimum absolute atomic E-state index is 0.330. The molecule has 5 heteroatoms. The Morgan fingerprint density at radius 2 is 2.24 bits per heavy atom. The molecule has 88 valence electrons. The topological polar surface area (TPSA) is 50.9 Å². The minimum atomic E-state index is -0.330. The molecule has 4 nitrogen and oxygen atoms in total. The number of halogens is 1. The molecule has 0 saturated heterocycles. The minimum Gasteiger partial charge on any atom is -0.388 e. The van der Waals surface area contributed by atoms with Crippen molar-refractivity contribution in [3.63, 3.8) is 0 Å². The highest BCUT2D eigenvalue weighted by molar-refractivity contribution is 9.10. The van der Waals surface area contributed by atoms with Gasteiger partial charge in [0.05, 0.1) is 18.5 Å². The van der Waals surface area contributed by atoms with Gasteiger partial charge in [-0.2, -0.15) is 0 Å². The van der Waals surface area contributed by atoms with Crippen molar-refractivity contribution in [2.45, 2.75) is 25.4 Å². The maximum absolute atomic E-state index is 9.91. The fourth-order valence-electron chi connectivity index (χ4n) is 2.31. The van der Waals surface area contributed by atoms with Crippen LogP contribution in [-0.4, -0.2) is 19.6 Å². The fraction of sp³-hybridized carbons (Fsp3) is 0.333. The van der Waals surface area contributed by atoms with Crippen molar-refractivity contribution >= 4 is 15.9 Å². The van der Waals surface area contributed by atoms with E-state index in [4.69, 9.17) is 0 Å². The molecule has 1 atom stereocenters. The maximum atomic E-state index is 9.91. The summed E-state index contributed by atoms with van der Waals surface area (Å²) in [6.07, 6.45) is 7.88. The van der Waals surface area contributed by atoms with Crippen LogP contribution < -0.4 is 0 Å². The Kier molecular flexibility index (Phi) is 2.72. The molecule has 0 radical (unpaired) electrons. The van der Waals surface area contributed by atoms with Crippen molar-refractivity contribution in [2.24, 2.45) is 0 Å². The molecular formula is C12H12BrN3O. The molecule has 1 aliphatic carbocycles. The first-order valence-corrected chi connectivity index (χ1v) is 6.41. The molecule has 0 spiro atoms. The van der Waals surface area contributed by atoms with E-state index in [1.807, 2.05) is 16.8 Å². The molecule has 3 rings (SSSR count). The van der Waals surface area contributed by atoms with Gasteiger partial charge in [0, 0.05) is 17.5 Å². The zero-order valence-corrected chi connectivity index (χ0v) is 10.8. The quantitative estimate of drug-likeness (QED) is 0.878. The molecule has 0 bridgehead atoms. The summed E-state index contributed by atoms with van der Waals surface area (Å²) < 4.78 is 2.74. The van der Waals surface area contributed by atoms with E-state index in [-0.39, 0.29) is 6.10 Å². The fourth-order valence-corrected chi connectivity index (χ4v) is 2.52. The van der Waals surface area contributed by atoms with E-state index in [1.165, 1.54) is 0 Å². The van der Waals surface area contributed by atoms with E-state index in [0.29, 0.717) is 0 Å². The second-order valence-electron chi connectivity index (χ2n) is 4.19. The molecule has 1 aliphatic rings. The van der Waals surface area contributed by atoms with Crippen LogP contribution in [0.2, 0.25) is 0 Å². The van der Waals surface area contributed by atoms with Crippen molar-refractivity contribution in [2.75, 3.05) is 0 Å². The van der Waals surface area contributed by atoms with Gasteiger partial charge in [-0.25, -0.2) is 9.97 Å². The van der Waals surface area contributed by atoms with Crippen LogP contribution in [0.1, 0.15) is 30.2 Å². The molecule has 2 aromatic rings. The zero-order chi connectivity index (χ0) is 11.8. The number of rotatable bonds is 1. The molecule has 1 unspecified atom stereocenters. The average Bonchev–Trinajstić information content (AvgIpc) is 2.75. The molecule has 2 heterocycles. The predicted octanol–water partition coefficient (Wildman–Crippen LogP) is 2.40. The summed E-state index contributed by atoms with van der Waals surface area (Å²) in [4.78, 5) is 8.50. The molecule has 17 heavy (non-hydrogen) atoms. The van der Waals surface area contributed by atoms with Gasteiger partial charge in [-0.15, -0.1) is 0 Å². The van der Waals surface area contributed by atoms with Gasteiger partial charge >= 0.3 is 0 Å². The molecule has 2 aromatic heterocycles. The van der Waals surface area contributed by atoms with E-state index < -0.39 is 0 Å². The van der Waals surface area contributed by atoms with Crippen LogP contribution in [0.5, 0.6) is 0 Å². The van der Waals surface area contributed by atoms with Crippen LogP contribution in [0.3, 0.4) is 0 Å². The second-order valence-corrected chi connectivity index (χ2v) is 5.01. The number of hydrogen-bond donors (Lipinski definition) is 1. The van der Waals surface area contributed by atoms with E-state index >= 15 is 0 Å². The highest BCUT2D eigenvalue weighted by Gasteiger charge is 2.21. The maximum Gasteiger partial charge on any atom is 0.155 e. The summed E-state index contributed by atoms with van der Waals surface area (Å²) in [5.41, 5.74) is 2.18. The Morgan fingerprint density at radius 3 is 3.00 bits per heavy atom. The Morgan fingerprint density at radius 1 is 1.35 bits per heavy atom. The lowest BCUT2D eigenvalue weighted by atomic mass is 9.95. The largest absolute Gasteiger partial charge is 0.388 e. The van der Waals surface area contributed by atoms with Crippen molar-refractivity contribution in [3.05, 3.63) is 40.5 Å². The molecular weight excluding hydrogens is 282 g/mol. The first kappa shape index (κ1) is 10.9. The van der Waals surface area contributed by atoms with Crippen LogP contribution in [-0.2, 0) is 6.42 Å². The van der Waals surface area contributed by atoms with Gasteiger partial charge in [0.15, 0.2) is 5.82 Å². The van der Waals surface area contributed by atoms with Gasteiger partial charge in [0.2, 0.25) is 0 Å². The summed E-state index contributed by atoms with van der Waals surface area (Å²) in [6.45, 7) is 0. The molecule has 0 saturated carbocycles. The number of aliphatic hydroxyl groups excluding tert-OH is 1. The van der Waals surface area contributed by atoms with Gasteiger partial charge in [-0.3, -0.25) is 0 Å². The van der Waals surface area contributed by atoms with Gasteiger partial charge in [-0.1, -0.05) is 0 Å². The highest BCUT2D eigenvalue weighted by atomic mass is 79.9. The molecule has 0 aromatic carbocycles. The molecule has 0 fully saturated rings. The van der Waals surface area contributed by atoms with Crippen molar-refractivity contribution < 1.29 is 5.11 Å². The molecule has 0 amide bonds. The molecule has 1 N–H and O–H groups in total. The Balaban J connectivity index is 2.07. The summed E-state index contributed by atoms with van der Waals surface area (Å²) in [7, 11) is 0. The summed E-state index contributed by atoms with van der Waals surface area (Å²) >= 11 is 3.27. The van der Waals surface area contributed by atoms with Crippen molar-refractivity contribution in [1.29, 1.82) is 0 Å². The third-order valence-electron chi connectivity index (χ3n) is 3.13. The Bertz CT molecular complexity index is 535. The number of hydrogen-bond acceptors (Lipinski definition) is 3. The van der Waals surface area contributed by atoms with E-state index in [2.05, 4.69) is 25.9 Å². The van der Waals surface area contributed by atoms with Gasteiger partial charge in [0.1, 0.15) is 4.60 Å². The number of nitrogens with zero attached hydrogens (tertiary/aromatic N) is 3. The lowest BCUT2D eigenvalue weighted by Gasteiger charge is -2.19.